The zero-order valence-electron chi connectivity index (χ0n) is 24.2. The second kappa shape index (κ2) is 12.4. The number of hydrogen-bond acceptors (Lipinski definition) is 4. The minimum atomic E-state index is -4.12. The zero-order chi connectivity index (χ0) is 29.8. The summed E-state index contributed by atoms with van der Waals surface area (Å²) in [4.78, 5) is 28.7. The van der Waals surface area contributed by atoms with E-state index in [0.29, 0.717) is 16.3 Å². The number of carbonyl (C=O) groups is 2. The van der Waals surface area contributed by atoms with Gasteiger partial charge < -0.3 is 10.2 Å². The van der Waals surface area contributed by atoms with Gasteiger partial charge in [0.2, 0.25) is 11.8 Å². The first kappa shape index (κ1) is 31.2. The lowest BCUT2D eigenvalue weighted by molar-refractivity contribution is -0.140. The monoisotopic (exact) mass is 583 g/mol. The predicted molar refractivity (Wildman–Crippen MR) is 161 cm³/mol. The van der Waals surface area contributed by atoms with Crippen LogP contribution in [0, 0.1) is 20.8 Å². The number of rotatable bonds is 9. The van der Waals surface area contributed by atoms with Gasteiger partial charge in [0.1, 0.15) is 12.6 Å². The molecule has 214 valence electrons. The van der Waals surface area contributed by atoms with Crippen molar-refractivity contribution in [2.45, 2.75) is 71.5 Å². The first-order valence-electron chi connectivity index (χ1n) is 13.1. The van der Waals surface area contributed by atoms with E-state index < -0.39 is 34.1 Å². The summed E-state index contributed by atoms with van der Waals surface area (Å²) in [6.07, 6.45) is 0. The second-order valence-corrected chi connectivity index (χ2v) is 13.5. The number of benzene rings is 3. The number of amides is 2. The molecule has 0 radical (unpaired) electrons. The quantitative estimate of drug-likeness (QED) is 0.345. The predicted octanol–water partition coefficient (Wildman–Crippen LogP) is 5.79. The molecule has 0 aliphatic carbocycles. The van der Waals surface area contributed by atoms with Crippen LogP contribution >= 0.6 is 11.6 Å². The van der Waals surface area contributed by atoms with Gasteiger partial charge in [0.15, 0.2) is 0 Å². The van der Waals surface area contributed by atoms with Crippen LogP contribution in [0.3, 0.4) is 0 Å². The molecule has 1 N–H and O–H groups in total. The Morgan fingerprint density at radius 1 is 0.900 bits per heavy atom. The summed E-state index contributed by atoms with van der Waals surface area (Å²) in [7, 11) is -4.12. The summed E-state index contributed by atoms with van der Waals surface area (Å²) in [5.74, 6) is -0.849. The lowest BCUT2D eigenvalue weighted by Crippen LogP contribution is -2.54. The topological polar surface area (TPSA) is 86.8 Å². The molecule has 1 atom stereocenters. The molecule has 0 aliphatic rings. The molecule has 40 heavy (non-hydrogen) atoms. The van der Waals surface area contributed by atoms with Crippen molar-refractivity contribution in [1.82, 2.24) is 10.2 Å². The van der Waals surface area contributed by atoms with Gasteiger partial charge in [-0.05, 0) is 95.5 Å². The minimum absolute atomic E-state index is 0.0783. The third-order valence-corrected chi connectivity index (χ3v) is 8.48. The summed E-state index contributed by atoms with van der Waals surface area (Å²) < 4.78 is 29.2. The van der Waals surface area contributed by atoms with Gasteiger partial charge in [-0.1, -0.05) is 53.6 Å². The smallest absolute Gasteiger partial charge is 0.264 e. The first-order chi connectivity index (χ1) is 18.6. The Morgan fingerprint density at radius 2 is 1.48 bits per heavy atom. The molecular weight excluding hydrogens is 546 g/mol. The van der Waals surface area contributed by atoms with Crippen LogP contribution in [0.4, 0.5) is 5.69 Å². The summed E-state index contributed by atoms with van der Waals surface area (Å²) in [6, 6.07) is 18.1. The molecular formula is C31H38ClN3O4S. The van der Waals surface area contributed by atoms with E-state index in [9.17, 15) is 18.0 Å². The maximum atomic E-state index is 14.1. The van der Waals surface area contributed by atoms with Crippen molar-refractivity contribution in [3.05, 3.63) is 94.0 Å². The standard InChI is InChI=1S/C31H38ClN3O4S/c1-21-9-16-27(17-10-21)40(38,39)35(28-18-22(2)8-11-23(28)3)20-29(36)34(19-25-12-14-26(32)15-13-25)24(4)30(37)33-31(5,6)7/h8-18,24H,19-20H2,1-7H3,(H,33,37)/t24-/m0/s1. The van der Waals surface area contributed by atoms with Gasteiger partial charge in [-0.2, -0.15) is 0 Å². The molecule has 0 aliphatic heterocycles. The van der Waals surface area contributed by atoms with Crippen molar-refractivity contribution in [1.29, 1.82) is 0 Å². The van der Waals surface area contributed by atoms with Gasteiger partial charge in [-0.25, -0.2) is 8.42 Å². The van der Waals surface area contributed by atoms with Crippen LogP contribution in [-0.2, 0) is 26.2 Å². The fraction of sp³-hybridized carbons (Fsp3) is 0.355. The Hall–Kier alpha value is -3.36. The van der Waals surface area contributed by atoms with Crippen molar-refractivity contribution in [3.63, 3.8) is 0 Å². The van der Waals surface area contributed by atoms with E-state index in [1.54, 1.807) is 49.4 Å². The fourth-order valence-corrected chi connectivity index (χ4v) is 5.78. The Labute approximate surface area is 243 Å². The minimum Gasteiger partial charge on any atom is -0.350 e. The Bertz CT molecular complexity index is 1460. The van der Waals surface area contributed by atoms with E-state index in [0.717, 1.165) is 21.0 Å². The third-order valence-electron chi connectivity index (χ3n) is 6.45. The SMILES string of the molecule is Cc1ccc(S(=O)(=O)N(CC(=O)N(Cc2ccc(Cl)cc2)[C@@H](C)C(=O)NC(C)(C)C)c2cc(C)ccc2C)cc1. The molecule has 0 saturated carbocycles. The average molecular weight is 584 g/mol. The molecule has 0 saturated heterocycles. The van der Waals surface area contributed by atoms with Gasteiger partial charge in [0, 0.05) is 17.1 Å². The summed E-state index contributed by atoms with van der Waals surface area (Å²) >= 11 is 6.06. The number of sulfonamides is 1. The molecule has 0 unspecified atom stereocenters. The van der Waals surface area contributed by atoms with Gasteiger partial charge in [0.25, 0.3) is 10.0 Å². The van der Waals surface area contributed by atoms with E-state index in [1.165, 1.54) is 17.0 Å². The maximum absolute atomic E-state index is 14.1. The normalized spacial score (nSPS) is 12.5. The molecule has 9 heteroatoms. The van der Waals surface area contributed by atoms with Crippen LogP contribution < -0.4 is 9.62 Å². The zero-order valence-corrected chi connectivity index (χ0v) is 25.7. The largest absolute Gasteiger partial charge is 0.350 e. The number of hydrogen-bond donors (Lipinski definition) is 1. The van der Waals surface area contributed by atoms with Crippen molar-refractivity contribution in [2.24, 2.45) is 0 Å². The van der Waals surface area contributed by atoms with Crippen molar-refractivity contribution in [3.8, 4) is 0 Å². The average Bonchev–Trinajstić information content (AvgIpc) is 2.87. The molecule has 0 spiro atoms. The van der Waals surface area contributed by atoms with Crippen LogP contribution in [0.2, 0.25) is 5.02 Å². The fourth-order valence-electron chi connectivity index (χ4n) is 4.18. The number of carbonyl (C=O) groups excluding carboxylic acids is 2. The Morgan fingerprint density at radius 3 is 2.05 bits per heavy atom. The Kier molecular flexibility index (Phi) is 9.69. The molecule has 0 heterocycles. The highest BCUT2D eigenvalue weighted by Crippen LogP contribution is 2.29. The van der Waals surface area contributed by atoms with E-state index >= 15 is 0 Å². The summed E-state index contributed by atoms with van der Waals surface area (Å²) in [5.41, 5.74) is 3.13. The van der Waals surface area contributed by atoms with E-state index in [4.69, 9.17) is 11.6 Å². The molecule has 7 nitrogen and oxygen atoms in total. The van der Waals surface area contributed by atoms with Crippen LogP contribution in [0.25, 0.3) is 0 Å². The van der Waals surface area contributed by atoms with Gasteiger partial charge in [0.05, 0.1) is 10.6 Å². The summed E-state index contributed by atoms with van der Waals surface area (Å²) in [6.45, 7) is 12.4. The highest BCUT2D eigenvalue weighted by molar-refractivity contribution is 7.92. The number of nitrogens with zero attached hydrogens (tertiary/aromatic N) is 2. The van der Waals surface area contributed by atoms with Crippen LogP contribution in [0.5, 0.6) is 0 Å². The van der Waals surface area contributed by atoms with Gasteiger partial charge in [-0.15, -0.1) is 0 Å². The van der Waals surface area contributed by atoms with Gasteiger partial charge in [-0.3, -0.25) is 13.9 Å². The molecule has 3 rings (SSSR count). The molecule has 0 aromatic heterocycles. The van der Waals surface area contributed by atoms with Crippen LogP contribution in [0.1, 0.15) is 49.9 Å². The second-order valence-electron chi connectivity index (χ2n) is 11.2. The molecule has 3 aromatic rings. The van der Waals surface area contributed by atoms with E-state index in [1.807, 2.05) is 53.7 Å². The van der Waals surface area contributed by atoms with Crippen LogP contribution in [0.15, 0.2) is 71.6 Å². The number of anilines is 1. The Balaban J connectivity index is 2.08. The van der Waals surface area contributed by atoms with E-state index in [-0.39, 0.29) is 17.3 Å². The molecule has 3 aromatic carbocycles. The van der Waals surface area contributed by atoms with Crippen LogP contribution in [-0.4, -0.2) is 43.3 Å². The first-order valence-corrected chi connectivity index (χ1v) is 14.9. The van der Waals surface area contributed by atoms with Crippen molar-refractivity contribution < 1.29 is 18.0 Å². The molecule has 0 fully saturated rings. The number of nitrogens with one attached hydrogen (secondary N) is 1. The highest BCUT2D eigenvalue weighted by Gasteiger charge is 2.34. The maximum Gasteiger partial charge on any atom is 0.264 e. The van der Waals surface area contributed by atoms with Gasteiger partial charge >= 0.3 is 0 Å². The molecule has 0 bridgehead atoms. The van der Waals surface area contributed by atoms with Crippen molar-refractivity contribution >= 4 is 39.1 Å². The highest BCUT2D eigenvalue weighted by atomic mass is 35.5. The number of halogens is 1. The lowest BCUT2D eigenvalue weighted by atomic mass is 10.1. The number of aryl methyl sites for hydroxylation is 3. The molecule has 2 amide bonds. The van der Waals surface area contributed by atoms with E-state index in [2.05, 4.69) is 5.32 Å². The summed E-state index contributed by atoms with van der Waals surface area (Å²) in [5, 5.41) is 3.47. The lowest BCUT2D eigenvalue weighted by Gasteiger charge is -2.34. The third kappa shape index (κ3) is 7.86. The van der Waals surface area contributed by atoms with Crippen molar-refractivity contribution in [2.75, 3.05) is 10.8 Å².